The topological polar surface area (TPSA) is 108 Å². The number of rotatable bonds is 4. The summed E-state index contributed by atoms with van der Waals surface area (Å²) in [5.41, 5.74) is 0.712. The fourth-order valence-corrected chi connectivity index (χ4v) is 2.51. The molecule has 122 valence electrons. The van der Waals surface area contributed by atoms with Gasteiger partial charge in [0, 0.05) is 31.3 Å². The van der Waals surface area contributed by atoms with Gasteiger partial charge in [-0.05, 0) is 25.8 Å². The number of nitro benzene ring substituents is 1. The van der Waals surface area contributed by atoms with Crippen molar-refractivity contribution >= 4 is 17.5 Å². The van der Waals surface area contributed by atoms with Crippen LogP contribution in [-0.2, 0) is 4.74 Å². The van der Waals surface area contributed by atoms with Gasteiger partial charge in [0.2, 0.25) is 0 Å². The smallest absolute Gasteiger partial charge is 0.409 e. The Morgan fingerprint density at radius 3 is 2.78 bits per heavy atom. The van der Waals surface area contributed by atoms with E-state index in [0.29, 0.717) is 25.4 Å². The SMILES string of the molecule is CCOC(=O)N1CCC(Nc2ccc([N+](=O)[O-])cc2C#N)CC1. The Labute approximate surface area is 133 Å². The molecule has 1 N–H and O–H groups in total. The number of nitro groups is 1. The molecule has 0 saturated carbocycles. The van der Waals surface area contributed by atoms with E-state index in [0.717, 1.165) is 12.8 Å². The van der Waals surface area contributed by atoms with E-state index in [4.69, 9.17) is 10.00 Å². The highest BCUT2D eigenvalue weighted by Gasteiger charge is 2.24. The first-order valence-electron chi connectivity index (χ1n) is 7.42. The highest BCUT2D eigenvalue weighted by molar-refractivity contribution is 5.67. The van der Waals surface area contributed by atoms with Crippen molar-refractivity contribution in [1.82, 2.24) is 4.90 Å². The average Bonchev–Trinajstić information content (AvgIpc) is 2.56. The van der Waals surface area contributed by atoms with Gasteiger partial charge < -0.3 is 15.0 Å². The van der Waals surface area contributed by atoms with Gasteiger partial charge in [-0.3, -0.25) is 10.1 Å². The molecule has 1 fully saturated rings. The third-order valence-corrected chi connectivity index (χ3v) is 3.72. The second kappa shape index (κ2) is 7.45. The summed E-state index contributed by atoms with van der Waals surface area (Å²) in [5.74, 6) is 0. The monoisotopic (exact) mass is 318 g/mol. The number of ether oxygens (including phenoxy) is 1. The van der Waals surface area contributed by atoms with E-state index < -0.39 is 4.92 Å². The predicted molar refractivity (Wildman–Crippen MR) is 83.1 cm³/mol. The van der Waals surface area contributed by atoms with Crippen LogP contribution in [0.2, 0.25) is 0 Å². The van der Waals surface area contributed by atoms with Crippen molar-refractivity contribution in [2.45, 2.75) is 25.8 Å². The Bertz CT molecular complexity index is 633. The van der Waals surface area contributed by atoms with Crippen LogP contribution in [0, 0.1) is 21.4 Å². The van der Waals surface area contributed by atoms with Gasteiger partial charge in [0.15, 0.2) is 0 Å². The Hall–Kier alpha value is -2.82. The minimum absolute atomic E-state index is 0.106. The van der Waals surface area contributed by atoms with Crippen LogP contribution < -0.4 is 5.32 Å². The number of non-ortho nitro benzene ring substituents is 1. The molecule has 1 saturated heterocycles. The van der Waals surface area contributed by atoms with Crippen molar-refractivity contribution in [3.8, 4) is 6.07 Å². The summed E-state index contributed by atoms with van der Waals surface area (Å²) >= 11 is 0. The fourth-order valence-electron chi connectivity index (χ4n) is 2.51. The van der Waals surface area contributed by atoms with Crippen molar-refractivity contribution in [2.75, 3.05) is 25.0 Å². The molecule has 0 aliphatic carbocycles. The normalized spacial score (nSPS) is 14.9. The van der Waals surface area contributed by atoms with Gasteiger partial charge in [0.1, 0.15) is 6.07 Å². The van der Waals surface area contributed by atoms with Gasteiger partial charge >= 0.3 is 6.09 Å². The fraction of sp³-hybridized carbons (Fsp3) is 0.467. The molecule has 1 aliphatic heterocycles. The summed E-state index contributed by atoms with van der Waals surface area (Å²) in [6, 6.07) is 6.26. The van der Waals surface area contributed by atoms with Crippen molar-refractivity contribution < 1.29 is 14.5 Å². The summed E-state index contributed by atoms with van der Waals surface area (Å²) in [6.07, 6.45) is 1.14. The Balaban J connectivity index is 1.98. The molecule has 1 amide bonds. The van der Waals surface area contributed by atoms with Gasteiger partial charge in [0.05, 0.1) is 22.8 Å². The quantitative estimate of drug-likeness (QED) is 0.675. The lowest BCUT2D eigenvalue weighted by molar-refractivity contribution is -0.384. The molecule has 1 aromatic carbocycles. The average molecular weight is 318 g/mol. The Kier molecular flexibility index (Phi) is 5.36. The molecule has 0 atom stereocenters. The minimum Gasteiger partial charge on any atom is -0.450 e. The van der Waals surface area contributed by atoms with Crippen LogP contribution in [0.15, 0.2) is 18.2 Å². The molecule has 0 bridgehead atoms. The summed E-state index contributed by atoms with van der Waals surface area (Å²) in [5, 5.41) is 23.1. The molecule has 23 heavy (non-hydrogen) atoms. The number of carbonyl (C=O) groups is 1. The standard InChI is InChI=1S/C15H18N4O4/c1-2-23-15(20)18-7-5-12(6-8-18)17-14-4-3-13(19(21)22)9-11(14)10-16/h3-4,9,12,17H,2,5-8H2,1H3. The van der Waals surface area contributed by atoms with Crippen LogP contribution in [0.3, 0.4) is 0 Å². The first kappa shape index (κ1) is 16.5. The molecule has 1 aromatic rings. The van der Waals surface area contributed by atoms with Gasteiger partial charge in [0.25, 0.3) is 5.69 Å². The lowest BCUT2D eigenvalue weighted by Crippen LogP contribution is -2.42. The molecule has 0 radical (unpaired) electrons. The molecule has 1 aliphatic rings. The van der Waals surface area contributed by atoms with Crippen molar-refractivity contribution in [2.24, 2.45) is 0 Å². The first-order valence-corrected chi connectivity index (χ1v) is 7.42. The van der Waals surface area contributed by atoms with Crippen LogP contribution in [-0.4, -0.2) is 41.7 Å². The van der Waals surface area contributed by atoms with Crippen LogP contribution >= 0.6 is 0 Å². The third kappa shape index (κ3) is 4.10. The second-order valence-corrected chi connectivity index (χ2v) is 5.20. The maximum atomic E-state index is 11.6. The van der Waals surface area contributed by atoms with E-state index in [1.807, 2.05) is 6.07 Å². The zero-order valence-electron chi connectivity index (χ0n) is 12.8. The minimum atomic E-state index is -0.525. The van der Waals surface area contributed by atoms with Crippen molar-refractivity contribution in [1.29, 1.82) is 5.26 Å². The number of hydrogen-bond donors (Lipinski definition) is 1. The largest absolute Gasteiger partial charge is 0.450 e. The van der Waals surface area contributed by atoms with E-state index in [-0.39, 0.29) is 23.4 Å². The molecule has 8 heteroatoms. The summed E-state index contributed by atoms with van der Waals surface area (Å²) in [4.78, 5) is 23.5. The lowest BCUT2D eigenvalue weighted by Gasteiger charge is -2.32. The van der Waals surface area contributed by atoms with Crippen LogP contribution in [0.4, 0.5) is 16.2 Å². The first-order chi connectivity index (χ1) is 11.0. The number of nitrogens with one attached hydrogen (secondary N) is 1. The third-order valence-electron chi connectivity index (χ3n) is 3.72. The van der Waals surface area contributed by atoms with E-state index in [9.17, 15) is 14.9 Å². The number of hydrogen-bond acceptors (Lipinski definition) is 6. The number of likely N-dealkylation sites (tertiary alicyclic amines) is 1. The highest BCUT2D eigenvalue weighted by Crippen LogP contribution is 2.24. The van der Waals surface area contributed by atoms with E-state index in [1.54, 1.807) is 17.9 Å². The van der Waals surface area contributed by atoms with Crippen molar-refractivity contribution in [3.63, 3.8) is 0 Å². The molecule has 1 heterocycles. The molecule has 0 aromatic heterocycles. The van der Waals surface area contributed by atoms with E-state index in [1.165, 1.54) is 12.1 Å². The summed E-state index contributed by atoms with van der Waals surface area (Å²) in [6.45, 7) is 3.27. The number of benzene rings is 1. The van der Waals surface area contributed by atoms with Gasteiger partial charge in [-0.1, -0.05) is 0 Å². The number of nitriles is 1. The van der Waals surface area contributed by atoms with E-state index in [2.05, 4.69) is 5.32 Å². The van der Waals surface area contributed by atoms with Crippen molar-refractivity contribution in [3.05, 3.63) is 33.9 Å². The maximum Gasteiger partial charge on any atom is 0.409 e. The van der Waals surface area contributed by atoms with Crippen LogP contribution in [0.25, 0.3) is 0 Å². The molecule has 2 rings (SSSR count). The number of anilines is 1. The Morgan fingerprint density at radius 2 is 2.22 bits per heavy atom. The molecular weight excluding hydrogens is 300 g/mol. The van der Waals surface area contributed by atoms with Gasteiger partial charge in [-0.2, -0.15) is 5.26 Å². The van der Waals surface area contributed by atoms with E-state index >= 15 is 0 Å². The number of nitrogens with zero attached hydrogens (tertiary/aromatic N) is 3. The Morgan fingerprint density at radius 1 is 1.52 bits per heavy atom. The molecule has 0 unspecified atom stereocenters. The van der Waals surface area contributed by atoms with Gasteiger partial charge in [-0.15, -0.1) is 0 Å². The number of amides is 1. The summed E-state index contributed by atoms with van der Waals surface area (Å²) < 4.78 is 4.97. The zero-order chi connectivity index (χ0) is 16.8. The molecular formula is C15H18N4O4. The van der Waals surface area contributed by atoms with Crippen LogP contribution in [0.1, 0.15) is 25.3 Å². The van der Waals surface area contributed by atoms with Gasteiger partial charge in [-0.25, -0.2) is 4.79 Å². The molecule has 0 spiro atoms. The lowest BCUT2D eigenvalue weighted by atomic mass is 10.0. The zero-order valence-corrected chi connectivity index (χ0v) is 12.8. The maximum absolute atomic E-state index is 11.6. The molecule has 8 nitrogen and oxygen atoms in total. The highest BCUT2D eigenvalue weighted by atomic mass is 16.6. The number of carbonyl (C=O) groups excluding carboxylic acids is 1. The second-order valence-electron chi connectivity index (χ2n) is 5.20. The predicted octanol–water partition coefficient (Wildman–Crippen LogP) is 2.50. The number of piperidine rings is 1. The van der Waals surface area contributed by atoms with Crippen LogP contribution in [0.5, 0.6) is 0 Å². The summed E-state index contributed by atoms with van der Waals surface area (Å²) in [7, 11) is 0.